The summed E-state index contributed by atoms with van der Waals surface area (Å²) >= 11 is 3.42. The zero-order chi connectivity index (χ0) is 14.1. The van der Waals surface area contributed by atoms with Crippen LogP contribution in [0.25, 0.3) is 22.6 Å². The van der Waals surface area contributed by atoms with Crippen molar-refractivity contribution in [2.45, 2.75) is 0 Å². The third-order valence-corrected chi connectivity index (χ3v) is 3.42. The highest BCUT2D eigenvalue weighted by Crippen LogP contribution is 2.34. The second kappa shape index (κ2) is 4.99. The minimum atomic E-state index is 0.431. The number of hydrogen-bond acceptors (Lipinski definition) is 4. The standard InChI is InChI=1S/C15H9BrN2O2/c1-19-12-6-5-10(16)7-11(12)15-18-14-9(8-17)3-2-4-13(14)20-15/h2-7H,1H3. The van der Waals surface area contributed by atoms with E-state index in [2.05, 4.69) is 27.0 Å². The third-order valence-electron chi connectivity index (χ3n) is 2.93. The van der Waals surface area contributed by atoms with Gasteiger partial charge in [0.25, 0.3) is 0 Å². The molecule has 0 fully saturated rings. The molecule has 0 saturated heterocycles. The number of methoxy groups -OCH3 is 1. The lowest BCUT2D eigenvalue weighted by Gasteiger charge is -2.05. The molecule has 0 amide bonds. The van der Waals surface area contributed by atoms with E-state index < -0.39 is 0 Å². The predicted molar refractivity (Wildman–Crippen MR) is 78.4 cm³/mol. The van der Waals surface area contributed by atoms with E-state index >= 15 is 0 Å². The topological polar surface area (TPSA) is 59.0 Å². The molecule has 1 heterocycles. The summed E-state index contributed by atoms with van der Waals surface area (Å²) in [5.74, 6) is 1.10. The molecule has 0 atom stereocenters. The van der Waals surface area contributed by atoms with Crippen LogP contribution in [0.3, 0.4) is 0 Å². The second-order valence-electron chi connectivity index (χ2n) is 4.13. The second-order valence-corrected chi connectivity index (χ2v) is 5.04. The molecule has 0 aliphatic rings. The fourth-order valence-electron chi connectivity index (χ4n) is 2.00. The van der Waals surface area contributed by atoms with Crippen LogP contribution in [0.15, 0.2) is 45.3 Å². The van der Waals surface area contributed by atoms with Crippen LogP contribution in [0.5, 0.6) is 5.75 Å². The molecular formula is C15H9BrN2O2. The van der Waals surface area contributed by atoms with Crippen LogP contribution in [0, 0.1) is 11.3 Å². The van der Waals surface area contributed by atoms with Crippen LogP contribution in [-0.2, 0) is 0 Å². The summed E-state index contributed by atoms with van der Waals surface area (Å²) in [6, 6.07) is 13.0. The molecule has 3 rings (SSSR count). The van der Waals surface area contributed by atoms with Gasteiger partial charge in [-0.1, -0.05) is 22.0 Å². The first-order chi connectivity index (χ1) is 9.72. The first kappa shape index (κ1) is 12.7. The van der Waals surface area contributed by atoms with Crippen molar-refractivity contribution in [2.75, 3.05) is 7.11 Å². The van der Waals surface area contributed by atoms with Gasteiger partial charge in [0.15, 0.2) is 5.58 Å². The lowest BCUT2D eigenvalue weighted by Crippen LogP contribution is -1.88. The maximum Gasteiger partial charge on any atom is 0.231 e. The fourth-order valence-corrected chi connectivity index (χ4v) is 2.36. The molecule has 4 nitrogen and oxygen atoms in total. The number of oxazole rings is 1. The Morgan fingerprint density at radius 1 is 1.30 bits per heavy atom. The van der Waals surface area contributed by atoms with Crippen LogP contribution < -0.4 is 4.74 Å². The molecule has 3 aromatic rings. The Labute approximate surface area is 123 Å². The van der Waals surface area contributed by atoms with Gasteiger partial charge in [0.2, 0.25) is 5.89 Å². The molecular weight excluding hydrogens is 320 g/mol. The highest BCUT2D eigenvalue weighted by atomic mass is 79.9. The maximum atomic E-state index is 9.10. The Morgan fingerprint density at radius 3 is 2.90 bits per heavy atom. The molecule has 0 bridgehead atoms. The van der Waals surface area contributed by atoms with Gasteiger partial charge in [0, 0.05) is 4.47 Å². The van der Waals surface area contributed by atoms with Crippen molar-refractivity contribution in [3.05, 3.63) is 46.4 Å². The molecule has 0 aliphatic carbocycles. The zero-order valence-electron chi connectivity index (χ0n) is 10.6. The number of para-hydroxylation sites is 1. The quantitative estimate of drug-likeness (QED) is 0.709. The Kier molecular flexibility index (Phi) is 3.17. The summed E-state index contributed by atoms with van der Waals surface area (Å²) in [7, 11) is 1.59. The normalized spacial score (nSPS) is 10.4. The highest BCUT2D eigenvalue weighted by Gasteiger charge is 2.15. The Hall–Kier alpha value is -2.32. The Morgan fingerprint density at radius 2 is 2.15 bits per heavy atom. The van der Waals surface area contributed by atoms with Gasteiger partial charge in [-0.25, -0.2) is 4.98 Å². The number of rotatable bonds is 2. The van der Waals surface area contributed by atoms with Crippen LogP contribution >= 0.6 is 15.9 Å². The zero-order valence-corrected chi connectivity index (χ0v) is 12.1. The number of benzene rings is 2. The van der Waals surface area contributed by atoms with E-state index in [0.29, 0.717) is 28.3 Å². The minimum Gasteiger partial charge on any atom is -0.496 e. The monoisotopic (exact) mass is 328 g/mol. The number of fused-ring (bicyclic) bond motifs is 1. The summed E-state index contributed by atoms with van der Waals surface area (Å²) < 4.78 is 12.0. The number of aromatic nitrogens is 1. The van der Waals surface area contributed by atoms with Crippen molar-refractivity contribution in [2.24, 2.45) is 0 Å². The average Bonchev–Trinajstić information content (AvgIpc) is 2.90. The SMILES string of the molecule is COc1ccc(Br)cc1-c1nc2c(C#N)cccc2o1. The van der Waals surface area contributed by atoms with E-state index in [1.165, 1.54) is 0 Å². The van der Waals surface area contributed by atoms with Gasteiger partial charge in [0.1, 0.15) is 17.3 Å². The van der Waals surface area contributed by atoms with Gasteiger partial charge >= 0.3 is 0 Å². The van der Waals surface area contributed by atoms with Crippen molar-refractivity contribution in [3.63, 3.8) is 0 Å². The van der Waals surface area contributed by atoms with Crippen LogP contribution in [0.2, 0.25) is 0 Å². The lowest BCUT2D eigenvalue weighted by molar-refractivity contribution is 0.414. The van der Waals surface area contributed by atoms with E-state index in [1.807, 2.05) is 18.2 Å². The van der Waals surface area contributed by atoms with E-state index in [1.54, 1.807) is 25.3 Å². The molecule has 0 N–H and O–H groups in total. The van der Waals surface area contributed by atoms with Gasteiger partial charge < -0.3 is 9.15 Å². The number of nitriles is 1. The van der Waals surface area contributed by atoms with Gasteiger partial charge in [-0.3, -0.25) is 0 Å². The smallest absolute Gasteiger partial charge is 0.231 e. The number of hydrogen-bond donors (Lipinski definition) is 0. The Bertz CT molecular complexity index is 833. The lowest BCUT2D eigenvalue weighted by atomic mass is 10.2. The molecule has 0 unspecified atom stereocenters. The molecule has 0 aliphatic heterocycles. The summed E-state index contributed by atoms with van der Waals surface area (Å²) in [5.41, 5.74) is 2.38. The number of halogens is 1. The molecule has 1 aromatic heterocycles. The van der Waals surface area contributed by atoms with Crippen molar-refractivity contribution in [1.82, 2.24) is 4.98 Å². The molecule has 0 spiro atoms. The van der Waals surface area contributed by atoms with Gasteiger partial charge in [-0.05, 0) is 30.3 Å². The van der Waals surface area contributed by atoms with Crippen molar-refractivity contribution < 1.29 is 9.15 Å². The largest absolute Gasteiger partial charge is 0.496 e. The predicted octanol–water partition coefficient (Wildman–Crippen LogP) is 4.14. The molecule has 5 heteroatoms. The number of ether oxygens (including phenoxy) is 1. The highest BCUT2D eigenvalue weighted by molar-refractivity contribution is 9.10. The summed E-state index contributed by atoms with van der Waals surface area (Å²) in [5, 5.41) is 9.10. The van der Waals surface area contributed by atoms with E-state index in [0.717, 1.165) is 10.0 Å². The van der Waals surface area contributed by atoms with Gasteiger partial charge in [0.05, 0.1) is 18.2 Å². The van der Waals surface area contributed by atoms with E-state index in [9.17, 15) is 0 Å². The van der Waals surface area contributed by atoms with E-state index in [4.69, 9.17) is 14.4 Å². The van der Waals surface area contributed by atoms with Crippen molar-refractivity contribution in [3.8, 4) is 23.3 Å². The van der Waals surface area contributed by atoms with Crippen LogP contribution in [0.4, 0.5) is 0 Å². The summed E-state index contributed by atoms with van der Waals surface area (Å²) in [4.78, 5) is 4.41. The number of nitrogens with zero attached hydrogens (tertiary/aromatic N) is 2. The van der Waals surface area contributed by atoms with Crippen LogP contribution in [-0.4, -0.2) is 12.1 Å². The molecule has 0 radical (unpaired) electrons. The van der Waals surface area contributed by atoms with E-state index in [-0.39, 0.29) is 0 Å². The van der Waals surface area contributed by atoms with Gasteiger partial charge in [-0.15, -0.1) is 0 Å². The van der Waals surface area contributed by atoms with Crippen molar-refractivity contribution >= 4 is 27.0 Å². The fraction of sp³-hybridized carbons (Fsp3) is 0.0667. The Balaban J connectivity index is 2.26. The third kappa shape index (κ3) is 2.04. The molecule has 20 heavy (non-hydrogen) atoms. The maximum absolute atomic E-state index is 9.10. The van der Waals surface area contributed by atoms with Gasteiger partial charge in [-0.2, -0.15) is 5.26 Å². The molecule has 0 saturated carbocycles. The van der Waals surface area contributed by atoms with Crippen molar-refractivity contribution in [1.29, 1.82) is 5.26 Å². The summed E-state index contributed by atoms with van der Waals surface area (Å²) in [6.07, 6.45) is 0. The minimum absolute atomic E-state index is 0.431. The first-order valence-electron chi connectivity index (χ1n) is 5.86. The molecule has 98 valence electrons. The summed E-state index contributed by atoms with van der Waals surface area (Å²) in [6.45, 7) is 0. The molecule has 2 aromatic carbocycles. The van der Waals surface area contributed by atoms with Crippen LogP contribution in [0.1, 0.15) is 5.56 Å². The average molecular weight is 329 g/mol. The first-order valence-corrected chi connectivity index (χ1v) is 6.66.